The van der Waals surface area contributed by atoms with Crippen molar-refractivity contribution in [2.75, 3.05) is 32.5 Å². The largest absolute Gasteiger partial charge is 0.495 e. The maximum absolute atomic E-state index is 12.6. The summed E-state index contributed by atoms with van der Waals surface area (Å²) in [5, 5.41) is 0. The van der Waals surface area contributed by atoms with Crippen LogP contribution < -0.4 is 15.2 Å². The highest BCUT2D eigenvalue weighted by Crippen LogP contribution is 2.30. The van der Waals surface area contributed by atoms with Crippen molar-refractivity contribution in [3.8, 4) is 5.75 Å². The monoisotopic (exact) mass is 311 g/mol. The molecule has 0 aromatic heterocycles. The van der Waals surface area contributed by atoms with Gasteiger partial charge in [-0.2, -0.15) is 0 Å². The average Bonchev–Trinajstić information content (AvgIpc) is 2.48. The molecular formula is C14H21N3O3S. The third-order valence-corrected chi connectivity index (χ3v) is 5.95. The van der Waals surface area contributed by atoms with Crippen LogP contribution in [0.1, 0.15) is 12.8 Å². The van der Waals surface area contributed by atoms with Gasteiger partial charge in [-0.1, -0.05) is 0 Å². The molecule has 1 aromatic rings. The summed E-state index contributed by atoms with van der Waals surface area (Å²) in [5.41, 5.74) is 6.12. The molecule has 2 bridgehead atoms. The Morgan fingerprint density at radius 3 is 2.62 bits per heavy atom. The van der Waals surface area contributed by atoms with Crippen LogP contribution in [0.2, 0.25) is 0 Å². The molecule has 0 aliphatic carbocycles. The zero-order chi connectivity index (χ0) is 15.0. The van der Waals surface area contributed by atoms with Crippen molar-refractivity contribution in [1.82, 2.24) is 9.62 Å². The van der Waals surface area contributed by atoms with Crippen molar-refractivity contribution < 1.29 is 13.2 Å². The molecule has 1 atom stereocenters. The second kappa shape index (κ2) is 5.47. The Balaban J connectivity index is 1.86. The van der Waals surface area contributed by atoms with E-state index in [1.54, 1.807) is 12.1 Å². The molecule has 0 radical (unpaired) electrons. The topological polar surface area (TPSA) is 84.7 Å². The van der Waals surface area contributed by atoms with E-state index in [9.17, 15) is 8.42 Å². The van der Waals surface area contributed by atoms with Gasteiger partial charge < -0.3 is 15.4 Å². The molecular weight excluding hydrogens is 290 g/mol. The maximum atomic E-state index is 12.6. The molecule has 0 spiro atoms. The van der Waals surface area contributed by atoms with Crippen molar-refractivity contribution >= 4 is 15.7 Å². The minimum Gasteiger partial charge on any atom is -0.495 e. The number of hydrogen-bond donors (Lipinski definition) is 2. The molecule has 6 nitrogen and oxygen atoms in total. The summed E-state index contributed by atoms with van der Waals surface area (Å²) in [5.74, 6) is 0.745. The van der Waals surface area contributed by atoms with Gasteiger partial charge in [-0.25, -0.2) is 13.1 Å². The number of nitrogens with two attached hydrogens (primary N) is 1. The molecule has 1 unspecified atom stereocenters. The van der Waals surface area contributed by atoms with Gasteiger partial charge in [0.1, 0.15) is 10.6 Å². The Hall–Kier alpha value is -1.31. The molecule has 3 saturated heterocycles. The molecule has 4 rings (SSSR count). The summed E-state index contributed by atoms with van der Waals surface area (Å²) in [7, 11) is -2.17. The van der Waals surface area contributed by atoms with E-state index in [2.05, 4.69) is 9.62 Å². The molecule has 1 aromatic carbocycles. The van der Waals surface area contributed by atoms with Gasteiger partial charge in [0.05, 0.1) is 7.11 Å². The first kappa shape index (κ1) is 14.6. The number of benzene rings is 1. The van der Waals surface area contributed by atoms with Crippen LogP contribution in [-0.2, 0) is 10.0 Å². The fraction of sp³-hybridized carbons (Fsp3) is 0.571. The quantitative estimate of drug-likeness (QED) is 0.798. The number of sulfonamides is 1. The van der Waals surface area contributed by atoms with E-state index in [0.717, 1.165) is 32.5 Å². The van der Waals surface area contributed by atoms with E-state index >= 15 is 0 Å². The zero-order valence-electron chi connectivity index (χ0n) is 12.1. The van der Waals surface area contributed by atoms with Crippen molar-refractivity contribution in [3.05, 3.63) is 18.2 Å². The van der Waals surface area contributed by atoms with E-state index in [0.29, 0.717) is 17.4 Å². The predicted octanol–water partition coefficient (Wildman–Crippen LogP) is 0.650. The number of ether oxygens (including phenoxy) is 1. The minimum absolute atomic E-state index is 0.0244. The molecule has 7 heteroatoms. The molecule has 3 aliphatic rings. The first-order valence-electron chi connectivity index (χ1n) is 7.18. The lowest BCUT2D eigenvalue weighted by Gasteiger charge is -2.44. The summed E-state index contributed by atoms with van der Waals surface area (Å²) in [6.45, 7) is 2.93. The fourth-order valence-electron chi connectivity index (χ4n) is 3.26. The minimum atomic E-state index is -3.63. The van der Waals surface area contributed by atoms with Crippen LogP contribution in [0, 0.1) is 5.92 Å². The lowest BCUT2D eigenvalue weighted by atomic mass is 9.85. The Labute approximate surface area is 125 Å². The number of methoxy groups -OCH3 is 1. The summed E-state index contributed by atoms with van der Waals surface area (Å²) in [6.07, 6.45) is 2.11. The Bertz CT molecular complexity index is 624. The third-order valence-electron chi connectivity index (χ3n) is 4.44. The SMILES string of the molecule is COc1ccc(N)cc1S(=O)(=O)NC1CN2CCC1CC2. The molecule has 21 heavy (non-hydrogen) atoms. The number of rotatable bonds is 4. The lowest BCUT2D eigenvalue weighted by Crippen LogP contribution is -2.57. The molecule has 3 fully saturated rings. The second-order valence-electron chi connectivity index (χ2n) is 5.78. The van der Waals surface area contributed by atoms with Gasteiger partial charge in [0, 0.05) is 18.3 Å². The van der Waals surface area contributed by atoms with E-state index in [1.165, 1.54) is 13.2 Å². The van der Waals surface area contributed by atoms with Gasteiger partial charge in [0.15, 0.2) is 0 Å². The van der Waals surface area contributed by atoms with Crippen molar-refractivity contribution in [1.29, 1.82) is 0 Å². The van der Waals surface area contributed by atoms with E-state index in [4.69, 9.17) is 10.5 Å². The van der Waals surface area contributed by atoms with Crippen LogP contribution in [0.3, 0.4) is 0 Å². The molecule has 0 amide bonds. The number of anilines is 1. The van der Waals surface area contributed by atoms with Crippen molar-refractivity contribution in [2.45, 2.75) is 23.8 Å². The van der Waals surface area contributed by atoms with Gasteiger partial charge in [-0.05, 0) is 50.0 Å². The highest BCUT2D eigenvalue weighted by Gasteiger charge is 2.37. The van der Waals surface area contributed by atoms with Gasteiger partial charge in [-0.3, -0.25) is 0 Å². The highest BCUT2D eigenvalue weighted by molar-refractivity contribution is 7.89. The summed E-state index contributed by atoms with van der Waals surface area (Å²) < 4.78 is 33.3. The summed E-state index contributed by atoms with van der Waals surface area (Å²) >= 11 is 0. The standard InChI is InChI=1S/C14H21N3O3S/c1-20-13-3-2-11(15)8-14(13)21(18,19)16-12-9-17-6-4-10(12)5-7-17/h2-3,8,10,12,16H,4-7,9,15H2,1H3. The van der Waals surface area contributed by atoms with Crippen molar-refractivity contribution in [3.63, 3.8) is 0 Å². The van der Waals surface area contributed by atoms with Crippen molar-refractivity contribution in [2.24, 2.45) is 5.92 Å². The Morgan fingerprint density at radius 2 is 2.05 bits per heavy atom. The fourth-order valence-corrected chi connectivity index (χ4v) is 4.76. The first-order valence-corrected chi connectivity index (χ1v) is 8.66. The molecule has 0 saturated carbocycles. The van der Waals surface area contributed by atoms with Gasteiger partial charge >= 0.3 is 0 Å². The average molecular weight is 311 g/mol. The van der Waals surface area contributed by atoms with Crippen LogP contribution in [0.4, 0.5) is 5.69 Å². The number of fused-ring (bicyclic) bond motifs is 3. The number of nitrogen functional groups attached to an aromatic ring is 1. The van der Waals surface area contributed by atoms with Gasteiger partial charge in [0.2, 0.25) is 10.0 Å². The summed E-state index contributed by atoms with van der Waals surface area (Å²) in [4.78, 5) is 2.42. The van der Waals surface area contributed by atoms with Gasteiger partial charge in [0.25, 0.3) is 0 Å². The van der Waals surface area contributed by atoms with Crippen LogP contribution >= 0.6 is 0 Å². The van der Waals surface area contributed by atoms with Crippen LogP contribution in [-0.4, -0.2) is 46.1 Å². The van der Waals surface area contributed by atoms with E-state index < -0.39 is 10.0 Å². The Kier molecular flexibility index (Phi) is 3.81. The lowest BCUT2D eigenvalue weighted by molar-refractivity contribution is 0.0827. The van der Waals surface area contributed by atoms with E-state index in [-0.39, 0.29) is 10.9 Å². The van der Waals surface area contributed by atoms with Gasteiger partial charge in [-0.15, -0.1) is 0 Å². The van der Waals surface area contributed by atoms with Crippen LogP contribution in [0.25, 0.3) is 0 Å². The maximum Gasteiger partial charge on any atom is 0.244 e. The smallest absolute Gasteiger partial charge is 0.244 e. The third kappa shape index (κ3) is 2.86. The number of nitrogens with one attached hydrogen (secondary N) is 1. The molecule has 3 N–H and O–H groups in total. The van der Waals surface area contributed by atoms with E-state index in [1.807, 2.05) is 0 Å². The Morgan fingerprint density at radius 1 is 1.33 bits per heavy atom. The predicted molar refractivity (Wildman–Crippen MR) is 80.7 cm³/mol. The second-order valence-corrected chi connectivity index (χ2v) is 7.46. The molecule has 3 heterocycles. The first-order chi connectivity index (χ1) is 9.99. The normalized spacial score (nSPS) is 28.5. The van der Waals surface area contributed by atoms with Crippen LogP contribution in [0.5, 0.6) is 5.75 Å². The number of hydrogen-bond acceptors (Lipinski definition) is 5. The number of nitrogens with zero attached hydrogens (tertiary/aromatic N) is 1. The summed E-state index contributed by atoms with van der Waals surface area (Å²) in [6, 6.07) is 4.64. The molecule has 116 valence electrons. The number of piperidine rings is 3. The van der Waals surface area contributed by atoms with Crippen LogP contribution in [0.15, 0.2) is 23.1 Å². The zero-order valence-corrected chi connectivity index (χ0v) is 12.9. The molecule has 3 aliphatic heterocycles. The highest BCUT2D eigenvalue weighted by atomic mass is 32.2.